The number of carbonyl (C=O) groups excluding carboxylic acids is 1. The number of nitrogens with one attached hydrogen (secondary N) is 1. The first-order chi connectivity index (χ1) is 13.0. The second-order valence-corrected chi connectivity index (χ2v) is 9.56. The van der Waals surface area contributed by atoms with Crippen molar-refractivity contribution in [3.05, 3.63) is 35.9 Å². The van der Waals surface area contributed by atoms with Crippen molar-refractivity contribution in [2.45, 2.75) is 11.3 Å². The number of aliphatic hydroxyl groups is 1. The zero-order chi connectivity index (χ0) is 18.8. The van der Waals surface area contributed by atoms with Gasteiger partial charge in [-0.15, -0.1) is 0 Å². The molecule has 0 radical (unpaired) electrons. The van der Waals surface area contributed by atoms with Crippen LogP contribution in [0.1, 0.15) is 16.8 Å². The third-order valence-corrected chi connectivity index (χ3v) is 8.08. The summed E-state index contributed by atoms with van der Waals surface area (Å²) in [5, 5.41) is 13.9. The Morgan fingerprint density at radius 1 is 1.30 bits per heavy atom. The molecule has 2 N–H and O–H groups in total. The van der Waals surface area contributed by atoms with Crippen LogP contribution < -0.4 is 5.32 Å². The fourth-order valence-electron chi connectivity index (χ4n) is 4.68. The van der Waals surface area contributed by atoms with Crippen LogP contribution >= 0.6 is 0 Å². The third kappa shape index (κ3) is 2.30. The number of carbonyl (C=O) groups is 1. The molecular formula is C19H20N2O5S. The highest BCUT2D eigenvalue weighted by atomic mass is 32.2. The highest BCUT2D eigenvalue weighted by Gasteiger charge is 2.51. The number of hydrogen-bond donors (Lipinski definition) is 2. The normalized spacial score (nSPS) is 27.7. The Hall–Kier alpha value is -2.00. The minimum atomic E-state index is -3.77. The average Bonchev–Trinajstić information content (AvgIpc) is 3.22. The highest BCUT2D eigenvalue weighted by Crippen LogP contribution is 2.44. The van der Waals surface area contributed by atoms with Crippen molar-refractivity contribution in [2.75, 3.05) is 38.2 Å². The van der Waals surface area contributed by atoms with Gasteiger partial charge in [-0.1, -0.05) is 12.1 Å². The molecule has 2 aromatic rings. The zero-order valence-corrected chi connectivity index (χ0v) is 15.5. The minimum absolute atomic E-state index is 0.0889. The number of anilines is 1. The number of fused-ring (bicyclic) bond motifs is 1. The van der Waals surface area contributed by atoms with Crippen LogP contribution in [0.3, 0.4) is 0 Å². The molecule has 5 rings (SSSR count). The van der Waals surface area contributed by atoms with E-state index < -0.39 is 15.4 Å². The third-order valence-electron chi connectivity index (χ3n) is 6.21. The van der Waals surface area contributed by atoms with Gasteiger partial charge in [0.25, 0.3) is 5.91 Å². The lowest BCUT2D eigenvalue weighted by Crippen LogP contribution is -2.43. The van der Waals surface area contributed by atoms with Gasteiger partial charge in [0.05, 0.1) is 18.1 Å². The van der Waals surface area contributed by atoms with Crippen LogP contribution in [0, 0.1) is 11.3 Å². The molecule has 27 heavy (non-hydrogen) atoms. The van der Waals surface area contributed by atoms with E-state index in [1.807, 2.05) is 0 Å². The van der Waals surface area contributed by atoms with E-state index in [2.05, 4.69) is 5.32 Å². The van der Waals surface area contributed by atoms with Crippen LogP contribution in [-0.4, -0.2) is 56.6 Å². The molecule has 1 amide bonds. The number of aliphatic hydroxyl groups excluding tert-OH is 1. The van der Waals surface area contributed by atoms with Gasteiger partial charge in [0.2, 0.25) is 10.0 Å². The monoisotopic (exact) mass is 388 g/mol. The van der Waals surface area contributed by atoms with Crippen molar-refractivity contribution in [1.29, 1.82) is 0 Å². The second kappa shape index (κ2) is 5.75. The molecule has 7 nitrogen and oxygen atoms in total. The molecule has 2 aromatic carbocycles. The number of rotatable bonds is 3. The molecule has 2 atom stereocenters. The fraction of sp³-hybridized carbons (Fsp3) is 0.421. The van der Waals surface area contributed by atoms with Gasteiger partial charge >= 0.3 is 0 Å². The second-order valence-electron chi connectivity index (χ2n) is 7.65. The lowest BCUT2D eigenvalue weighted by atomic mass is 9.76. The van der Waals surface area contributed by atoms with Crippen LogP contribution in [0.4, 0.5) is 5.69 Å². The van der Waals surface area contributed by atoms with Crippen LogP contribution in [0.15, 0.2) is 35.2 Å². The van der Waals surface area contributed by atoms with E-state index in [1.54, 1.807) is 30.3 Å². The zero-order valence-electron chi connectivity index (χ0n) is 14.6. The predicted molar refractivity (Wildman–Crippen MR) is 99.1 cm³/mol. The van der Waals surface area contributed by atoms with Crippen molar-refractivity contribution in [1.82, 2.24) is 4.31 Å². The summed E-state index contributed by atoms with van der Waals surface area (Å²) in [6.07, 6.45) is 0.745. The van der Waals surface area contributed by atoms with Gasteiger partial charge in [-0.3, -0.25) is 4.79 Å². The van der Waals surface area contributed by atoms with Gasteiger partial charge in [-0.05, 0) is 30.5 Å². The van der Waals surface area contributed by atoms with E-state index >= 15 is 0 Å². The predicted octanol–water partition coefficient (Wildman–Crippen LogP) is 1.42. The first-order valence-electron chi connectivity index (χ1n) is 9.02. The van der Waals surface area contributed by atoms with Gasteiger partial charge in [0, 0.05) is 47.1 Å². The van der Waals surface area contributed by atoms with E-state index in [4.69, 9.17) is 4.74 Å². The number of hydrogen-bond acceptors (Lipinski definition) is 5. The van der Waals surface area contributed by atoms with Gasteiger partial charge in [-0.2, -0.15) is 4.31 Å². The summed E-state index contributed by atoms with van der Waals surface area (Å²) in [6.45, 7) is 1.51. The maximum atomic E-state index is 13.5. The molecule has 3 aliphatic heterocycles. The summed E-state index contributed by atoms with van der Waals surface area (Å²) < 4.78 is 34.0. The highest BCUT2D eigenvalue weighted by molar-refractivity contribution is 7.89. The average molecular weight is 388 g/mol. The van der Waals surface area contributed by atoms with E-state index in [-0.39, 0.29) is 29.9 Å². The number of benzene rings is 2. The lowest BCUT2D eigenvalue weighted by molar-refractivity contribution is -0.0552. The molecule has 0 aromatic heterocycles. The Balaban J connectivity index is 1.61. The molecule has 3 heterocycles. The Morgan fingerprint density at radius 3 is 2.93 bits per heavy atom. The number of amides is 1. The first kappa shape index (κ1) is 17.1. The standard InChI is InChI=1S/C19H20N2O5S/c22-10-19-9-21(8-12(19)6-7-26-11-19)27(24,25)16-5-4-15-17-13(16)2-1-3-14(17)18(23)20-15/h1-5,12,22H,6-11H2,(H,20,23)/t12-,19+/m0/s1. The van der Waals surface area contributed by atoms with Crippen LogP contribution in [-0.2, 0) is 14.8 Å². The summed E-state index contributed by atoms with van der Waals surface area (Å²) in [7, 11) is -3.77. The number of sulfonamides is 1. The summed E-state index contributed by atoms with van der Waals surface area (Å²) in [6, 6.07) is 8.36. The van der Waals surface area contributed by atoms with Crippen molar-refractivity contribution < 1.29 is 23.1 Å². The van der Waals surface area contributed by atoms with Crippen molar-refractivity contribution in [3.63, 3.8) is 0 Å². The largest absolute Gasteiger partial charge is 0.396 e. The van der Waals surface area contributed by atoms with Gasteiger partial charge in [0.15, 0.2) is 0 Å². The smallest absolute Gasteiger partial charge is 0.256 e. The quantitative estimate of drug-likeness (QED) is 0.829. The van der Waals surface area contributed by atoms with Crippen LogP contribution in [0.5, 0.6) is 0 Å². The number of ether oxygens (including phenoxy) is 1. The molecule has 3 aliphatic rings. The van der Waals surface area contributed by atoms with Crippen LogP contribution in [0.25, 0.3) is 10.8 Å². The lowest BCUT2D eigenvalue weighted by Gasteiger charge is -2.36. The van der Waals surface area contributed by atoms with E-state index in [1.165, 1.54) is 4.31 Å². The van der Waals surface area contributed by atoms with E-state index in [0.29, 0.717) is 41.8 Å². The van der Waals surface area contributed by atoms with Crippen molar-refractivity contribution in [2.24, 2.45) is 11.3 Å². The van der Waals surface area contributed by atoms with Gasteiger partial charge < -0.3 is 15.2 Å². The molecule has 0 saturated carbocycles. The summed E-state index contributed by atoms with van der Waals surface area (Å²) >= 11 is 0. The topological polar surface area (TPSA) is 95.9 Å². The van der Waals surface area contributed by atoms with E-state index in [9.17, 15) is 18.3 Å². The minimum Gasteiger partial charge on any atom is -0.396 e. The Morgan fingerprint density at radius 2 is 2.15 bits per heavy atom. The molecule has 0 spiro atoms. The Kier molecular flexibility index (Phi) is 3.64. The summed E-state index contributed by atoms with van der Waals surface area (Å²) in [5.74, 6) is -0.125. The van der Waals surface area contributed by atoms with Crippen LogP contribution in [0.2, 0.25) is 0 Å². The molecular weight excluding hydrogens is 368 g/mol. The van der Waals surface area contributed by atoms with Gasteiger partial charge in [-0.25, -0.2) is 8.42 Å². The molecule has 0 bridgehead atoms. The molecule has 2 saturated heterocycles. The number of nitrogens with zero attached hydrogens (tertiary/aromatic N) is 1. The summed E-state index contributed by atoms with van der Waals surface area (Å²) in [4.78, 5) is 12.3. The first-order valence-corrected chi connectivity index (χ1v) is 10.5. The van der Waals surface area contributed by atoms with Crippen molar-refractivity contribution >= 4 is 32.4 Å². The SMILES string of the molecule is O=C1Nc2ccc(S(=O)(=O)N3C[C@@H]4CCOC[C@]4(CO)C3)c3cccc1c23. The molecule has 2 fully saturated rings. The Bertz CT molecular complexity index is 1070. The molecule has 0 unspecified atom stereocenters. The molecule has 0 aliphatic carbocycles. The summed E-state index contributed by atoms with van der Waals surface area (Å²) in [5.41, 5.74) is 0.604. The fourth-order valence-corrected chi connectivity index (χ4v) is 6.45. The Labute approximate surface area is 157 Å². The maximum absolute atomic E-state index is 13.5. The van der Waals surface area contributed by atoms with Gasteiger partial charge in [0.1, 0.15) is 0 Å². The maximum Gasteiger partial charge on any atom is 0.256 e. The van der Waals surface area contributed by atoms with E-state index in [0.717, 1.165) is 6.42 Å². The van der Waals surface area contributed by atoms with Crippen molar-refractivity contribution in [3.8, 4) is 0 Å². The molecule has 142 valence electrons. The molecule has 8 heteroatoms.